The highest BCUT2D eigenvalue weighted by Crippen LogP contribution is 2.21. The maximum atomic E-state index is 11.8. The Hall–Kier alpha value is -4.24. The Morgan fingerprint density at radius 1 is 0.424 bits per heavy atom. The maximum absolute atomic E-state index is 11.8. The van der Waals surface area contributed by atoms with Crippen LogP contribution in [0.2, 0.25) is 0 Å². The van der Waals surface area contributed by atoms with Gasteiger partial charge >= 0.3 is 23.9 Å². The number of likely N-dealkylation sites (tertiary alicyclic amines) is 4. The summed E-state index contributed by atoms with van der Waals surface area (Å²) in [5, 5.41) is 0. The van der Waals surface area contributed by atoms with E-state index in [4.69, 9.17) is 18.9 Å². The molecule has 5 unspecified atom stereocenters. The predicted octanol–water partition coefficient (Wildman–Crippen LogP) is 6.99. The van der Waals surface area contributed by atoms with Crippen LogP contribution in [0.3, 0.4) is 0 Å². The lowest BCUT2D eigenvalue weighted by Gasteiger charge is -2.16. The summed E-state index contributed by atoms with van der Waals surface area (Å²) in [4.78, 5) is 97.8. The molecule has 5 atom stereocenters. The minimum atomic E-state index is -0.258. The van der Waals surface area contributed by atoms with Crippen LogP contribution in [-0.2, 0) is 57.3 Å². The van der Waals surface area contributed by atoms with Crippen molar-refractivity contribution in [2.75, 3.05) is 80.8 Å². The van der Waals surface area contributed by atoms with Crippen molar-refractivity contribution in [3.63, 3.8) is 0 Å². The highest BCUT2D eigenvalue weighted by molar-refractivity contribution is 5.88. The molecule has 4 aliphatic rings. The van der Waals surface area contributed by atoms with Crippen LogP contribution in [0.5, 0.6) is 0 Å². The van der Waals surface area contributed by atoms with Gasteiger partial charge < -0.3 is 38.5 Å². The van der Waals surface area contributed by atoms with Gasteiger partial charge in [0.25, 0.3) is 0 Å². The smallest absolute Gasteiger partial charge is 0.311 e. The van der Waals surface area contributed by atoms with Gasteiger partial charge in [0.05, 0.1) is 50.1 Å². The molecule has 0 spiro atoms. The molecule has 0 saturated carbocycles. The van der Waals surface area contributed by atoms with Crippen molar-refractivity contribution in [2.24, 2.45) is 29.6 Å². The average Bonchev–Trinajstić information content (AvgIpc) is 4.04. The monoisotopic (exact) mass is 937 g/mol. The van der Waals surface area contributed by atoms with Crippen LogP contribution in [0.15, 0.2) is 0 Å². The fraction of sp³-hybridized carbons (Fsp3) is 0.840. The molecule has 66 heavy (non-hydrogen) atoms. The molecule has 0 aliphatic carbocycles. The standard InChI is InChI=1S/2C14H25NO3.C12H21NO3.C10H17NO3/c1-4-6-7-11(5-2)10-18-14(17)12-8-13(16)15(3)9-12;1-3-4-5-6-7-8-9-18-14(17)12-10-13(16)15(2)11-12;1-3-4-5-6-7-16-12(15)10-8-11(14)13(2)9-10;1-3-4-5-14-10(13)8-6-9(12)11(2)7-8/h11-12H,4-10H2,1-3H3;12H,3-11H2,1-2H3;10H,3-9H2,1-2H3;8H,3-7H2,1-2H3. The molecular formula is C50H88N4O12. The fourth-order valence-electron chi connectivity index (χ4n) is 7.73. The molecule has 4 rings (SSSR count). The molecule has 0 aromatic heterocycles. The van der Waals surface area contributed by atoms with Gasteiger partial charge in [-0.2, -0.15) is 0 Å². The van der Waals surface area contributed by atoms with Crippen LogP contribution in [-0.4, -0.2) is 148 Å². The number of nitrogens with zero attached hydrogens (tertiary/aromatic N) is 4. The lowest BCUT2D eigenvalue weighted by Crippen LogP contribution is -2.24. The van der Waals surface area contributed by atoms with Gasteiger partial charge in [0.15, 0.2) is 0 Å². The van der Waals surface area contributed by atoms with Crippen molar-refractivity contribution in [1.82, 2.24) is 19.6 Å². The molecule has 16 heteroatoms. The summed E-state index contributed by atoms with van der Waals surface area (Å²) >= 11 is 0. The molecule has 4 fully saturated rings. The number of rotatable bonds is 25. The molecule has 0 aromatic carbocycles. The van der Waals surface area contributed by atoms with Crippen LogP contribution in [0.25, 0.3) is 0 Å². The second-order valence-electron chi connectivity index (χ2n) is 18.4. The second-order valence-corrected chi connectivity index (χ2v) is 18.4. The summed E-state index contributed by atoms with van der Waals surface area (Å²) < 4.78 is 20.8. The van der Waals surface area contributed by atoms with E-state index in [0.717, 1.165) is 51.4 Å². The van der Waals surface area contributed by atoms with Gasteiger partial charge in [-0.15, -0.1) is 0 Å². The Bertz CT molecular complexity index is 1480. The molecule has 4 saturated heterocycles. The first-order valence-electron chi connectivity index (χ1n) is 25.1. The van der Waals surface area contributed by atoms with E-state index in [1.54, 1.807) is 47.8 Å². The molecular weight excluding hydrogens is 849 g/mol. The van der Waals surface area contributed by atoms with E-state index in [1.165, 1.54) is 51.4 Å². The zero-order chi connectivity index (χ0) is 49.4. The molecule has 16 nitrogen and oxygen atoms in total. The summed E-state index contributed by atoms with van der Waals surface area (Å²) in [6.07, 6.45) is 19.1. The van der Waals surface area contributed by atoms with Crippen LogP contribution in [0.1, 0.15) is 163 Å². The van der Waals surface area contributed by atoms with E-state index in [-0.39, 0.29) is 71.2 Å². The second kappa shape index (κ2) is 35.0. The highest BCUT2D eigenvalue weighted by Gasteiger charge is 2.36. The molecule has 4 aliphatic heterocycles. The van der Waals surface area contributed by atoms with Crippen molar-refractivity contribution in [1.29, 1.82) is 0 Å². The first-order valence-corrected chi connectivity index (χ1v) is 25.1. The van der Waals surface area contributed by atoms with E-state index < -0.39 is 0 Å². The largest absolute Gasteiger partial charge is 0.465 e. The molecule has 0 radical (unpaired) electrons. The topological polar surface area (TPSA) is 186 Å². The van der Waals surface area contributed by atoms with Gasteiger partial charge in [0, 0.05) is 80.1 Å². The van der Waals surface area contributed by atoms with Crippen molar-refractivity contribution in [2.45, 2.75) is 163 Å². The maximum Gasteiger partial charge on any atom is 0.311 e. The summed E-state index contributed by atoms with van der Waals surface area (Å²) in [6.45, 7) is 14.7. The number of amides is 4. The third kappa shape index (κ3) is 24.5. The molecule has 4 amide bonds. The van der Waals surface area contributed by atoms with Crippen molar-refractivity contribution in [3.05, 3.63) is 0 Å². The first-order chi connectivity index (χ1) is 31.5. The average molecular weight is 937 g/mol. The molecule has 4 heterocycles. The van der Waals surface area contributed by atoms with Crippen LogP contribution in [0, 0.1) is 29.6 Å². The number of hydrogen-bond donors (Lipinski definition) is 0. The number of esters is 4. The van der Waals surface area contributed by atoms with Gasteiger partial charge in [-0.05, 0) is 31.6 Å². The summed E-state index contributed by atoms with van der Waals surface area (Å²) in [5.74, 6) is -1.25. The van der Waals surface area contributed by atoms with Crippen LogP contribution >= 0.6 is 0 Å². The molecule has 0 bridgehead atoms. The third-order valence-corrected chi connectivity index (χ3v) is 12.4. The van der Waals surface area contributed by atoms with E-state index in [9.17, 15) is 38.4 Å². The fourth-order valence-corrected chi connectivity index (χ4v) is 7.73. The number of ether oxygens (including phenoxy) is 4. The zero-order valence-corrected chi connectivity index (χ0v) is 42.4. The van der Waals surface area contributed by atoms with Crippen molar-refractivity contribution in [3.8, 4) is 0 Å². The Kier molecular flexibility index (Phi) is 31.7. The number of unbranched alkanes of at least 4 members (excludes halogenated alkanes) is 10. The first kappa shape index (κ1) is 59.8. The van der Waals surface area contributed by atoms with Crippen LogP contribution < -0.4 is 0 Å². The predicted molar refractivity (Wildman–Crippen MR) is 253 cm³/mol. The van der Waals surface area contributed by atoms with Gasteiger partial charge in [-0.3, -0.25) is 38.4 Å². The normalized spacial score (nSPS) is 20.5. The third-order valence-electron chi connectivity index (χ3n) is 12.4. The zero-order valence-electron chi connectivity index (χ0n) is 42.4. The van der Waals surface area contributed by atoms with Crippen molar-refractivity contribution < 1.29 is 57.3 Å². The summed E-state index contributed by atoms with van der Waals surface area (Å²) in [7, 11) is 6.88. The Morgan fingerprint density at radius 2 is 0.712 bits per heavy atom. The highest BCUT2D eigenvalue weighted by atomic mass is 16.5. The van der Waals surface area contributed by atoms with Gasteiger partial charge in [-0.25, -0.2) is 0 Å². The van der Waals surface area contributed by atoms with E-state index in [2.05, 4.69) is 27.7 Å². The van der Waals surface area contributed by atoms with Crippen molar-refractivity contribution >= 4 is 47.5 Å². The Balaban J connectivity index is 0.000000442. The Morgan fingerprint density at radius 3 is 1.02 bits per heavy atom. The SMILES string of the molecule is CCCCC(CC)COC(=O)C1CC(=O)N(C)C1.CCCCCCCCOC(=O)C1CC(=O)N(C)C1.CCCCCCOC(=O)C1CC(=O)N(C)C1.CCCCOC(=O)C1CC(=O)N(C)C1. The number of carbonyl (C=O) groups is 8. The Labute approximate surface area is 396 Å². The van der Waals surface area contributed by atoms with Gasteiger partial charge in [-0.1, -0.05) is 112 Å². The number of hydrogen-bond acceptors (Lipinski definition) is 12. The molecule has 0 aromatic rings. The molecule has 380 valence electrons. The minimum absolute atomic E-state index is 0.0300. The molecule has 0 N–H and O–H groups in total. The minimum Gasteiger partial charge on any atom is -0.465 e. The quantitative estimate of drug-likeness (QED) is 0.0520. The lowest BCUT2D eigenvalue weighted by atomic mass is 10.0. The van der Waals surface area contributed by atoms with Gasteiger partial charge in [0.1, 0.15) is 0 Å². The van der Waals surface area contributed by atoms with Gasteiger partial charge in [0.2, 0.25) is 23.6 Å². The van der Waals surface area contributed by atoms with E-state index >= 15 is 0 Å². The van der Waals surface area contributed by atoms with Crippen LogP contribution in [0.4, 0.5) is 0 Å². The number of carbonyl (C=O) groups excluding carboxylic acids is 8. The van der Waals surface area contributed by atoms with E-state index in [1.807, 2.05) is 6.92 Å². The lowest BCUT2D eigenvalue weighted by molar-refractivity contribution is -0.150. The summed E-state index contributed by atoms with van der Waals surface area (Å²) in [5.41, 5.74) is 0. The van der Waals surface area contributed by atoms with E-state index in [0.29, 0.717) is 84.2 Å². The summed E-state index contributed by atoms with van der Waals surface area (Å²) in [6, 6.07) is 0.